The number of hydrogen-bond acceptors (Lipinski definition) is 3. The van der Waals surface area contributed by atoms with E-state index in [1.165, 1.54) is 0 Å². The summed E-state index contributed by atoms with van der Waals surface area (Å²) < 4.78 is 5.26. The fourth-order valence-electron chi connectivity index (χ4n) is 2.60. The quantitative estimate of drug-likeness (QED) is 0.890. The molecule has 1 aliphatic rings. The van der Waals surface area contributed by atoms with Crippen molar-refractivity contribution in [2.24, 2.45) is 0 Å². The number of carbonyl (C=O) groups excluding carboxylic acids is 1. The maximum absolute atomic E-state index is 12.1. The van der Waals surface area contributed by atoms with Crippen LogP contribution < -0.4 is 15.4 Å². The minimum atomic E-state index is 0. The third-order valence-corrected chi connectivity index (χ3v) is 3.82. The molecule has 4 nitrogen and oxygen atoms in total. The summed E-state index contributed by atoms with van der Waals surface area (Å²) in [4.78, 5) is 12.1. The molecule has 1 amide bonds. The third-order valence-electron chi connectivity index (χ3n) is 3.58. The molecule has 0 radical (unpaired) electrons. The first kappa shape index (κ1) is 18.1. The van der Waals surface area contributed by atoms with Gasteiger partial charge < -0.3 is 15.4 Å². The Kier molecular flexibility index (Phi) is 7.29. The van der Waals surface area contributed by atoms with Crippen LogP contribution in [0.15, 0.2) is 18.2 Å². The van der Waals surface area contributed by atoms with E-state index in [-0.39, 0.29) is 24.4 Å². The molecule has 1 aromatic rings. The van der Waals surface area contributed by atoms with Gasteiger partial charge >= 0.3 is 0 Å². The number of benzene rings is 1. The molecule has 1 heterocycles. The Morgan fingerprint density at radius 2 is 2.29 bits per heavy atom. The molecule has 0 aliphatic carbocycles. The highest BCUT2D eigenvalue weighted by Crippen LogP contribution is 2.23. The molecule has 1 saturated heterocycles. The molecule has 2 rings (SSSR count). The van der Waals surface area contributed by atoms with Gasteiger partial charge in [-0.25, -0.2) is 0 Å². The molecule has 21 heavy (non-hydrogen) atoms. The fourth-order valence-corrected chi connectivity index (χ4v) is 2.79. The number of nitrogens with one attached hydrogen (secondary N) is 2. The summed E-state index contributed by atoms with van der Waals surface area (Å²) in [6.07, 6.45) is 2.24. The van der Waals surface area contributed by atoms with Crippen LogP contribution in [0.25, 0.3) is 0 Å². The van der Waals surface area contributed by atoms with Crippen LogP contribution in [0.4, 0.5) is 0 Å². The minimum Gasteiger partial charge on any atom is -0.496 e. The van der Waals surface area contributed by atoms with Crippen molar-refractivity contribution in [3.05, 3.63) is 28.8 Å². The Bertz CT molecular complexity index is 483. The monoisotopic (exact) mass is 332 g/mol. The molecule has 118 valence electrons. The van der Waals surface area contributed by atoms with Crippen molar-refractivity contribution < 1.29 is 9.53 Å². The Morgan fingerprint density at radius 1 is 1.52 bits per heavy atom. The third kappa shape index (κ3) is 5.38. The second kappa shape index (κ2) is 8.47. The molecule has 1 fully saturated rings. The van der Waals surface area contributed by atoms with Crippen LogP contribution >= 0.6 is 24.0 Å². The normalized spacial score (nSPS) is 21.3. The summed E-state index contributed by atoms with van der Waals surface area (Å²) in [6, 6.07) is 6.04. The largest absolute Gasteiger partial charge is 0.496 e. The number of carbonyl (C=O) groups is 1. The zero-order valence-electron chi connectivity index (χ0n) is 12.3. The number of methoxy groups -OCH3 is 1. The van der Waals surface area contributed by atoms with Gasteiger partial charge in [-0.2, -0.15) is 0 Å². The fraction of sp³-hybridized carbons (Fsp3) is 0.533. The molecule has 1 aliphatic heterocycles. The topological polar surface area (TPSA) is 50.4 Å². The summed E-state index contributed by atoms with van der Waals surface area (Å²) in [7, 11) is 1.60. The second-order valence-electron chi connectivity index (χ2n) is 5.28. The molecular formula is C15H22Cl2N2O2. The van der Waals surface area contributed by atoms with Gasteiger partial charge in [0.1, 0.15) is 5.75 Å². The molecule has 2 N–H and O–H groups in total. The van der Waals surface area contributed by atoms with E-state index in [4.69, 9.17) is 16.3 Å². The van der Waals surface area contributed by atoms with E-state index in [1.807, 2.05) is 0 Å². The highest BCUT2D eigenvalue weighted by Gasteiger charge is 2.20. The van der Waals surface area contributed by atoms with E-state index in [2.05, 4.69) is 17.6 Å². The van der Waals surface area contributed by atoms with E-state index in [0.717, 1.165) is 24.9 Å². The van der Waals surface area contributed by atoms with E-state index in [9.17, 15) is 4.79 Å². The van der Waals surface area contributed by atoms with Gasteiger partial charge in [0.25, 0.3) is 0 Å². The average molecular weight is 333 g/mol. The highest BCUT2D eigenvalue weighted by atomic mass is 35.5. The summed E-state index contributed by atoms with van der Waals surface area (Å²) in [6.45, 7) is 3.09. The zero-order chi connectivity index (χ0) is 14.5. The van der Waals surface area contributed by atoms with Crippen LogP contribution in [0.1, 0.15) is 25.3 Å². The van der Waals surface area contributed by atoms with Crippen molar-refractivity contribution in [2.75, 3.05) is 13.7 Å². The molecule has 2 atom stereocenters. The maximum atomic E-state index is 12.1. The Morgan fingerprint density at radius 3 is 2.95 bits per heavy atom. The van der Waals surface area contributed by atoms with Gasteiger partial charge in [0.2, 0.25) is 5.91 Å². The van der Waals surface area contributed by atoms with Crippen LogP contribution in [0.3, 0.4) is 0 Å². The molecule has 0 aromatic heterocycles. The number of ether oxygens (including phenoxy) is 1. The van der Waals surface area contributed by atoms with Gasteiger partial charge in [0.05, 0.1) is 13.5 Å². The van der Waals surface area contributed by atoms with E-state index in [0.29, 0.717) is 23.2 Å². The SMILES string of the molecule is COc1ccc(Cl)cc1CC(=O)NC1CCNC(C)C1.Cl. The first-order valence-electron chi connectivity index (χ1n) is 6.93. The lowest BCUT2D eigenvalue weighted by atomic mass is 10.00. The van der Waals surface area contributed by atoms with Gasteiger partial charge in [-0.05, 0) is 44.5 Å². The molecule has 0 spiro atoms. The molecular weight excluding hydrogens is 311 g/mol. The smallest absolute Gasteiger partial charge is 0.224 e. The first-order valence-corrected chi connectivity index (χ1v) is 7.31. The number of halogens is 2. The summed E-state index contributed by atoms with van der Waals surface area (Å²) in [5, 5.41) is 7.08. The van der Waals surface area contributed by atoms with Crippen molar-refractivity contribution in [1.82, 2.24) is 10.6 Å². The molecule has 1 aromatic carbocycles. The van der Waals surface area contributed by atoms with Gasteiger partial charge in [0, 0.05) is 22.7 Å². The highest BCUT2D eigenvalue weighted by molar-refractivity contribution is 6.30. The van der Waals surface area contributed by atoms with Crippen LogP contribution in [0.5, 0.6) is 5.75 Å². The standard InChI is InChI=1S/C15H21ClN2O2.ClH/c1-10-7-13(5-6-17-10)18-15(19)9-11-8-12(16)3-4-14(11)20-2;/h3-4,8,10,13,17H,5-7,9H2,1-2H3,(H,18,19);1H. The minimum absolute atomic E-state index is 0. The summed E-state index contributed by atoms with van der Waals surface area (Å²) in [5.41, 5.74) is 0.819. The number of rotatable bonds is 4. The molecule has 6 heteroatoms. The average Bonchev–Trinajstić information content (AvgIpc) is 2.38. The van der Waals surface area contributed by atoms with Crippen molar-refractivity contribution in [3.63, 3.8) is 0 Å². The number of piperidine rings is 1. The molecule has 0 saturated carbocycles. The van der Waals surface area contributed by atoms with Crippen LogP contribution in [0, 0.1) is 0 Å². The Balaban J connectivity index is 0.00000220. The van der Waals surface area contributed by atoms with Gasteiger partial charge in [-0.15, -0.1) is 12.4 Å². The van der Waals surface area contributed by atoms with Crippen molar-refractivity contribution >= 4 is 29.9 Å². The van der Waals surface area contributed by atoms with Crippen LogP contribution in [-0.4, -0.2) is 31.6 Å². The lowest BCUT2D eigenvalue weighted by Crippen LogP contribution is -2.46. The first-order chi connectivity index (χ1) is 9.58. The Labute approximate surface area is 137 Å². The van der Waals surface area contributed by atoms with Gasteiger partial charge in [-0.3, -0.25) is 4.79 Å². The lowest BCUT2D eigenvalue weighted by Gasteiger charge is -2.28. The van der Waals surface area contributed by atoms with E-state index in [1.54, 1.807) is 25.3 Å². The molecule has 0 bridgehead atoms. The van der Waals surface area contributed by atoms with E-state index < -0.39 is 0 Å². The lowest BCUT2D eigenvalue weighted by molar-refractivity contribution is -0.121. The van der Waals surface area contributed by atoms with Crippen molar-refractivity contribution in [3.8, 4) is 5.75 Å². The van der Waals surface area contributed by atoms with Crippen molar-refractivity contribution in [1.29, 1.82) is 0 Å². The predicted octanol–water partition coefficient (Wildman–Crippen LogP) is 2.57. The van der Waals surface area contributed by atoms with E-state index >= 15 is 0 Å². The second-order valence-corrected chi connectivity index (χ2v) is 5.71. The molecule has 2 unspecified atom stereocenters. The van der Waals surface area contributed by atoms with Gasteiger partial charge in [0.15, 0.2) is 0 Å². The zero-order valence-corrected chi connectivity index (χ0v) is 13.9. The number of hydrogen-bond donors (Lipinski definition) is 2. The van der Waals surface area contributed by atoms with Crippen molar-refractivity contribution in [2.45, 2.75) is 38.3 Å². The maximum Gasteiger partial charge on any atom is 0.224 e. The summed E-state index contributed by atoms with van der Waals surface area (Å²) >= 11 is 5.97. The van der Waals surface area contributed by atoms with Crippen LogP contribution in [0.2, 0.25) is 5.02 Å². The van der Waals surface area contributed by atoms with Crippen LogP contribution in [-0.2, 0) is 11.2 Å². The van der Waals surface area contributed by atoms with Gasteiger partial charge in [-0.1, -0.05) is 11.6 Å². The number of amides is 1. The Hall–Kier alpha value is -0.970. The predicted molar refractivity (Wildman–Crippen MR) is 87.6 cm³/mol. The summed E-state index contributed by atoms with van der Waals surface area (Å²) in [5.74, 6) is 0.716.